The lowest BCUT2D eigenvalue weighted by molar-refractivity contribution is -0.167. The highest BCUT2D eigenvalue weighted by molar-refractivity contribution is 5.71. The summed E-state index contributed by atoms with van der Waals surface area (Å²) in [4.78, 5) is 38.2. The summed E-state index contributed by atoms with van der Waals surface area (Å²) in [6.07, 6.45) is 84.4. The van der Waals surface area contributed by atoms with Gasteiger partial charge in [-0.2, -0.15) is 0 Å². The molecule has 80 heavy (non-hydrogen) atoms. The first-order chi connectivity index (χ1) is 39.5. The Kier molecular flexibility index (Phi) is 68.0. The summed E-state index contributed by atoms with van der Waals surface area (Å²) < 4.78 is 16.9. The number of carbonyl (C=O) groups excluding carboxylic acids is 3. The number of rotatable bonds is 69. The lowest BCUT2D eigenvalue weighted by Crippen LogP contribution is -2.30. The molecule has 0 bridgehead atoms. The SMILES string of the molecule is CCCCCCCCCC/C=C\CCCCCCCCCCCCCCCCCC(=O)OC(COC(=O)CCCCCCCCC)COC(=O)CCCCCCCCCCCCCCCCCCCCCCCCCCCCCC. The van der Waals surface area contributed by atoms with E-state index in [1.807, 2.05) is 0 Å². The number of carbonyl (C=O) groups is 3. The molecule has 0 N–H and O–H groups in total. The molecule has 0 radical (unpaired) electrons. The molecule has 6 nitrogen and oxygen atoms in total. The summed E-state index contributed by atoms with van der Waals surface area (Å²) in [5, 5.41) is 0. The molecule has 0 rings (SSSR count). The summed E-state index contributed by atoms with van der Waals surface area (Å²) >= 11 is 0. The van der Waals surface area contributed by atoms with E-state index in [9.17, 15) is 14.4 Å². The zero-order valence-corrected chi connectivity index (χ0v) is 54.6. The molecule has 0 amide bonds. The summed E-state index contributed by atoms with van der Waals surface area (Å²) in [6, 6.07) is 0. The van der Waals surface area contributed by atoms with E-state index in [4.69, 9.17) is 14.2 Å². The van der Waals surface area contributed by atoms with Crippen molar-refractivity contribution in [2.24, 2.45) is 0 Å². The van der Waals surface area contributed by atoms with E-state index < -0.39 is 6.10 Å². The van der Waals surface area contributed by atoms with Crippen LogP contribution >= 0.6 is 0 Å². The fraction of sp³-hybridized carbons (Fsp3) is 0.932. The van der Waals surface area contributed by atoms with Crippen LogP contribution in [0.3, 0.4) is 0 Å². The molecule has 0 aromatic heterocycles. The largest absolute Gasteiger partial charge is 0.462 e. The second-order valence-electron chi connectivity index (χ2n) is 25.2. The average Bonchev–Trinajstić information content (AvgIpc) is 3.46. The number of hydrogen-bond acceptors (Lipinski definition) is 6. The topological polar surface area (TPSA) is 78.9 Å². The highest BCUT2D eigenvalue weighted by atomic mass is 16.6. The lowest BCUT2D eigenvalue weighted by Gasteiger charge is -2.18. The Balaban J connectivity index is 3.98. The van der Waals surface area contributed by atoms with E-state index in [2.05, 4.69) is 32.9 Å². The summed E-state index contributed by atoms with van der Waals surface area (Å²) in [5.74, 6) is -0.837. The summed E-state index contributed by atoms with van der Waals surface area (Å²) in [7, 11) is 0. The number of allylic oxidation sites excluding steroid dienone is 2. The second kappa shape index (κ2) is 69.6. The normalized spacial score (nSPS) is 12.0. The molecule has 0 aromatic rings. The monoisotopic (exact) mass is 1130 g/mol. The van der Waals surface area contributed by atoms with Gasteiger partial charge in [-0.1, -0.05) is 373 Å². The van der Waals surface area contributed by atoms with Crippen molar-refractivity contribution in [2.75, 3.05) is 13.2 Å². The minimum atomic E-state index is -0.764. The van der Waals surface area contributed by atoms with Crippen LogP contribution in [-0.4, -0.2) is 37.2 Å². The molecular formula is C74H142O6. The number of ether oxygens (including phenoxy) is 3. The molecule has 0 aliphatic carbocycles. The van der Waals surface area contributed by atoms with Gasteiger partial charge in [-0.15, -0.1) is 0 Å². The van der Waals surface area contributed by atoms with E-state index >= 15 is 0 Å². The first-order valence-electron chi connectivity index (χ1n) is 36.7. The van der Waals surface area contributed by atoms with Gasteiger partial charge >= 0.3 is 17.9 Å². The van der Waals surface area contributed by atoms with Crippen molar-refractivity contribution < 1.29 is 28.6 Å². The maximum Gasteiger partial charge on any atom is 0.306 e. The molecule has 1 unspecified atom stereocenters. The van der Waals surface area contributed by atoms with Crippen molar-refractivity contribution in [3.63, 3.8) is 0 Å². The molecule has 0 saturated carbocycles. The quantitative estimate of drug-likeness (QED) is 0.0261. The third-order valence-electron chi connectivity index (χ3n) is 17.0. The van der Waals surface area contributed by atoms with Crippen molar-refractivity contribution in [1.29, 1.82) is 0 Å². The zero-order valence-electron chi connectivity index (χ0n) is 54.6. The Morgan fingerprint density at radius 2 is 0.412 bits per heavy atom. The molecular weight excluding hydrogens is 985 g/mol. The molecule has 0 saturated heterocycles. The van der Waals surface area contributed by atoms with Gasteiger partial charge in [-0.05, 0) is 44.9 Å². The van der Waals surface area contributed by atoms with Crippen LogP contribution in [-0.2, 0) is 28.6 Å². The number of unbranched alkanes of at least 4 members (excludes halogenated alkanes) is 56. The Hall–Kier alpha value is -1.85. The Morgan fingerprint density at radius 3 is 0.625 bits per heavy atom. The number of esters is 3. The van der Waals surface area contributed by atoms with Gasteiger partial charge in [0.1, 0.15) is 13.2 Å². The Labute approximate surface area is 501 Å². The van der Waals surface area contributed by atoms with Gasteiger partial charge in [-0.25, -0.2) is 0 Å². The smallest absolute Gasteiger partial charge is 0.306 e. The van der Waals surface area contributed by atoms with Crippen molar-refractivity contribution in [3.8, 4) is 0 Å². The lowest BCUT2D eigenvalue weighted by atomic mass is 10.0. The second-order valence-corrected chi connectivity index (χ2v) is 25.2. The van der Waals surface area contributed by atoms with Gasteiger partial charge in [0.05, 0.1) is 0 Å². The standard InChI is InChI=1S/C74H142O6/c1-4-7-10-13-16-18-20-22-24-26-28-30-32-34-36-38-39-41-43-45-47-49-51-53-55-58-61-64-67-73(76)79-70-71(69-78-72(75)66-63-60-57-15-12-9-6-3)80-74(77)68-65-62-59-56-54-52-50-48-46-44-42-40-37-35-33-31-29-27-25-23-21-19-17-14-11-8-5-2/h27,29,71H,4-26,28,30-70H2,1-3H3/b29-27-. The third-order valence-corrected chi connectivity index (χ3v) is 17.0. The van der Waals surface area contributed by atoms with E-state index in [1.165, 1.54) is 327 Å². The molecule has 0 aliphatic rings. The average molecular weight is 1130 g/mol. The molecule has 0 aliphatic heterocycles. The third kappa shape index (κ3) is 66.9. The van der Waals surface area contributed by atoms with E-state index in [0.29, 0.717) is 19.3 Å². The van der Waals surface area contributed by atoms with Gasteiger partial charge in [-0.3, -0.25) is 14.4 Å². The maximum atomic E-state index is 12.9. The molecule has 1 atom stereocenters. The van der Waals surface area contributed by atoms with E-state index in [0.717, 1.165) is 57.8 Å². The van der Waals surface area contributed by atoms with Gasteiger partial charge in [0.2, 0.25) is 0 Å². The van der Waals surface area contributed by atoms with Crippen LogP contribution < -0.4 is 0 Å². The van der Waals surface area contributed by atoms with E-state index in [1.54, 1.807) is 0 Å². The first-order valence-corrected chi connectivity index (χ1v) is 36.7. The minimum Gasteiger partial charge on any atom is -0.462 e. The van der Waals surface area contributed by atoms with Crippen LogP contribution in [0, 0.1) is 0 Å². The van der Waals surface area contributed by atoms with Gasteiger partial charge in [0, 0.05) is 19.3 Å². The van der Waals surface area contributed by atoms with E-state index in [-0.39, 0.29) is 31.1 Å². The van der Waals surface area contributed by atoms with Crippen molar-refractivity contribution in [2.45, 2.75) is 431 Å². The molecule has 0 heterocycles. The molecule has 0 aromatic carbocycles. The van der Waals surface area contributed by atoms with Gasteiger partial charge in [0.25, 0.3) is 0 Å². The van der Waals surface area contributed by atoms with Crippen molar-refractivity contribution in [1.82, 2.24) is 0 Å². The van der Waals surface area contributed by atoms with Crippen molar-refractivity contribution in [3.05, 3.63) is 12.2 Å². The maximum absolute atomic E-state index is 12.9. The van der Waals surface area contributed by atoms with Crippen LogP contribution in [0.15, 0.2) is 12.2 Å². The van der Waals surface area contributed by atoms with Crippen LogP contribution in [0.2, 0.25) is 0 Å². The molecule has 6 heteroatoms. The molecule has 0 spiro atoms. The predicted octanol–water partition coefficient (Wildman–Crippen LogP) is 25.2. The van der Waals surface area contributed by atoms with Crippen LogP contribution in [0.1, 0.15) is 425 Å². The van der Waals surface area contributed by atoms with Gasteiger partial charge < -0.3 is 14.2 Å². The fourth-order valence-electron chi connectivity index (χ4n) is 11.5. The fourth-order valence-corrected chi connectivity index (χ4v) is 11.5. The van der Waals surface area contributed by atoms with Crippen LogP contribution in [0.25, 0.3) is 0 Å². The van der Waals surface area contributed by atoms with Gasteiger partial charge in [0.15, 0.2) is 6.10 Å². The minimum absolute atomic E-state index is 0.0631. The Bertz CT molecular complexity index is 1250. The van der Waals surface area contributed by atoms with Crippen molar-refractivity contribution >= 4 is 17.9 Å². The zero-order chi connectivity index (χ0) is 57.8. The molecule has 474 valence electrons. The number of hydrogen-bond donors (Lipinski definition) is 0. The van der Waals surface area contributed by atoms with Crippen LogP contribution in [0.5, 0.6) is 0 Å². The first kappa shape index (κ1) is 78.1. The van der Waals surface area contributed by atoms with Crippen LogP contribution in [0.4, 0.5) is 0 Å². The predicted molar refractivity (Wildman–Crippen MR) is 349 cm³/mol. The summed E-state index contributed by atoms with van der Waals surface area (Å²) in [6.45, 7) is 6.69. The highest BCUT2D eigenvalue weighted by Crippen LogP contribution is 2.19. The Morgan fingerprint density at radius 1 is 0.237 bits per heavy atom. The summed E-state index contributed by atoms with van der Waals surface area (Å²) in [5.41, 5.74) is 0. The highest BCUT2D eigenvalue weighted by Gasteiger charge is 2.20. The molecule has 0 fully saturated rings.